The lowest BCUT2D eigenvalue weighted by atomic mass is 10.1. The number of nitrogens with one attached hydrogen (secondary N) is 1. The number of rotatable bonds is 6. The Balaban J connectivity index is 1.43. The van der Waals surface area contributed by atoms with E-state index in [1.54, 1.807) is 14.2 Å². The van der Waals surface area contributed by atoms with Crippen molar-refractivity contribution in [2.75, 3.05) is 14.2 Å². The molecule has 1 amide bonds. The van der Waals surface area contributed by atoms with Crippen molar-refractivity contribution in [3.63, 3.8) is 0 Å². The molecule has 1 N–H and O–H groups in total. The molecule has 0 saturated carbocycles. The van der Waals surface area contributed by atoms with E-state index < -0.39 is 0 Å². The minimum Gasteiger partial charge on any atom is -0.493 e. The number of carbonyl (C=O) groups excluding carboxylic acids is 1. The number of para-hydroxylation sites is 1. The predicted octanol–water partition coefficient (Wildman–Crippen LogP) is 3.85. The van der Waals surface area contributed by atoms with E-state index in [4.69, 9.17) is 9.47 Å². The molecule has 140 valence electrons. The van der Waals surface area contributed by atoms with Gasteiger partial charge in [0.25, 0.3) is 0 Å². The molecule has 0 bridgehead atoms. The summed E-state index contributed by atoms with van der Waals surface area (Å²) in [6.07, 6.45) is 4.34. The van der Waals surface area contributed by atoms with Gasteiger partial charge in [0.1, 0.15) is 0 Å². The van der Waals surface area contributed by atoms with E-state index in [1.807, 2.05) is 30.5 Å². The van der Waals surface area contributed by atoms with Crippen molar-refractivity contribution >= 4 is 16.8 Å². The Morgan fingerprint density at radius 2 is 1.93 bits per heavy atom. The number of methoxy groups -OCH3 is 2. The van der Waals surface area contributed by atoms with Crippen LogP contribution in [0.15, 0.2) is 48.7 Å². The third kappa shape index (κ3) is 3.37. The summed E-state index contributed by atoms with van der Waals surface area (Å²) >= 11 is 0. The lowest BCUT2D eigenvalue weighted by molar-refractivity contribution is -0.122. The topological polar surface area (TPSA) is 52.5 Å². The second-order valence-corrected chi connectivity index (χ2v) is 6.88. The SMILES string of the molecule is COc1cc2c(cc1OC)[C@H](NC(=O)CCn1ccc3ccccc31)CC2. The van der Waals surface area contributed by atoms with Gasteiger partial charge in [0.05, 0.1) is 20.3 Å². The standard InChI is InChI=1S/C22H24N2O3/c1-26-20-13-16-7-8-18(17(16)14-21(20)27-2)23-22(25)10-12-24-11-9-15-5-3-4-6-19(15)24/h3-6,9,11,13-14,18H,7-8,10,12H2,1-2H3,(H,23,25)/t18-/m1/s1. The van der Waals surface area contributed by atoms with E-state index in [0.717, 1.165) is 29.7 Å². The summed E-state index contributed by atoms with van der Waals surface area (Å²) in [7, 11) is 3.28. The zero-order chi connectivity index (χ0) is 18.8. The lowest BCUT2D eigenvalue weighted by Gasteiger charge is -2.16. The summed E-state index contributed by atoms with van der Waals surface area (Å²) in [5.41, 5.74) is 3.51. The summed E-state index contributed by atoms with van der Waals surface area (Å²) in [4.78, 5) is 12.5. The number of hydrogen-bond donors (Lipinski definition) is 1. The van der Waals surface area contributed by atoms with Gasteiger partial charge in [0.2, 0.25) is 5.91 Å². The normalized spacial score (nSPS) is 15.6. The average Bonchev–Trinajstić information content (AvgIpc) is 3.29. The van der Waals surface area contributed by atoms with Gasteiger partial charge < -0.3 is 19.4 Å². The van der Waals surface area contributed by atoms with E-state index in [2.05, 4.69) is 28.1 Å². The highest BCUT2D eigenvalue weighted by Gasteiger charge is 2.26. The molecule has 0 radical (unpaired) electrons. The Bertz CT molecular complexity index is 977. The van der Waals surface area contributed by atoms with E-state index in [-0.39, 0.29) is 11.9 Å². The number of fused-ring (bicyclic) bond motifs is 2. The van der Waals surface area contributed by atoms with E-state index in [0.29, 0.717) is 18.7 Å². The molecule has 0 unspecified atom stereocenters. The van der Waals surface area contributed by atoms with Crippen LogP contribution >= 0.6 is 0 Å². The number of aryl methyl sites for hydroxylation is 2. The second kappa shape index (κ2) is 7.35. The van der Waals surface area contributed by atoms with Crippen LogP contribution in [0.2, 0.25) is 0 Å². The van der Waals surface area contributed by atoms with Crippen molar-refractivity contribution in [1.29, 1.82) is 0 Å². The van der Waals surface area contributed by atoms with Crippen molar-refractivity contribution in [2.45, 2.75) is 31.8 Å². The number of carbonyl (C=O) groups is 1. The maximum absolute atomic E-state index is 12.5. The van der Waals surface area contributed by atoms with Crippen LogP contribution in [-0.2, 0) is 17.8 Å². The number of aromatic nitrogens is 1. The number of ether oxygens (including phenoxy) is 2. The molecule has 0 spiro atoms. The van der Waals surface area contributed by atoms with Gasteiger partial charge in [-0.3, -0.25) is 4.79 Å². The van der Waals surface area contributed by atoms with Crippen molar-refractivity contribution in [3.8, 4) is 11.5 Å². The first kappa shape index (κ1) is 17.5. The van der Waals surface area contributed by atoms with E-state index in [1.165, 1.54) is 10.9 Å². The van der Waals surface area contributed by atoms with Gasteiger partial charge in [-0.1, -0.05) is 18.2 Å². The van der Waals surface area contributed by atoms with Crippen LogP contribution in [0.5, 0.6) is 11.5 Å². The number of nitrogens with zero attached hydrogens (tertiary/aromatic N) is 1. The monoisotopic (exact) mass is 364 g/mol. The Hall–Kier alpha value is -2.95. The molecule has 0 saturated heterocycles. The molecule has 3 aromatic rings. The van der Waals surface area contributed by atoms with Crippen LogP contribution in [-0.4, -0.2) is 24.7 Å². The van der Waals surface area contributed by atoms with Crippen LogP contribution in [0, 0.1) is 0 Å². The van der Waals surface area contributed by atoms with Crippen molar-refractivity contribution in [3.05, 3.63) is 59.8 Å². The largest absolute Gasteiger partial charge is 0.493 e. The van der Waals surface area contributed by atoms with Crippen molar-refractivity contribution in [1.82, 2.24) is 9.88 Å². The van der Waals surface area contributed by atoms with Gasteiger partial charge >= 0.3 is 0 Å². The summed E-state index contributed by atoms with van der Waals surface area (Å²) in [5.74, 6) is 1.51. The fourth-order valence-electron chi connectivity index (χ4n) is 3.91. The van der Waals surface area contributed by atoms with Crippen LogP contribution in [0.4, 0.5) is 0 Å². The maximum Gasteiger partial charge on any atom is 0.222 e. The second-order valence-electron chi connectivity index (χ2n) is 6.88. The minimum absolute atomic E-state index is 0.0358. The smallest absolute Gasteiger partial charge is 0.222 e. The molecule has 4 rings (SSSR count). The predicted molar refractivity (Wildman–Crippen MR) is 105 cm³/mol. The highest BCUT2D eigenvalue weighted by molar-refractivity contribution is 5.80. The number of hydrogen-bond acceptors (Lipinski definition) is 3. The Morgan fingerprint density at radius 1 is 1.15 bits per heavy atom. The molecule has 0 aliphatic heterocycles. The quantitative estimate of drug-likeness (QED) is 0.723. The molecule has 2 aromatic carbocycles. The average molecular weight is 364 g/mol. The van der Waals surface area contributed by atoms with Gasteiger partial charge in [-0.2, -0.15) is 0 Å². The highest BCUT2D eigenvalue weighted by Crippen LogP contribution is 2.39. The molecule has 5 nitrogen and oxygen atoms in total. The van der Waals surface area contributed by atoms with Crippen molar-refractivity contribution < 1.29 is 14.3 Å². The van der Waals surface area contributed by atoms with Gasteiger partial charge in [0.15, 0.2) is 11.5 Å². The first-order valence-electron chi connectivity index (χ1n) is 9.27. The molecule has 1 atom stereocenters. The molecule has 27 heavy (non-hydrogen) atoms. The molecule has 1 aliphatic carbocycles. The van der Waals surface area contributed by atoms with Crippen LogP contribution in [0.3, 0.4) is 0 Å². The van der Waals surface area contributed by atoms with E-state index >= 15 is 0 Å². The molecule has 5 heteroatoms. The van der Waals surface area contributed by atoms with Crippen molar-refractivity contribution in [2.24, 2.45) is 0 Å². The molecular weight excluding hydrogens is 340 g/mol. The summed E-state index contributed by atoms with van der Waals surface area (Å²) in [6.45, 7) is 0.671. The Kier molecular flexibility index (Phi) is 4.75. The molecule has 1 heterocycles. The van der Waals surface area contributed by atoms with Crippen LogP contribution < -0.4 is 14.8 Å². The van der Waals surface area contributed by atoms with Gasteiger partial charge in [0, 0.05) is 24.7 Å². The molecule has 1 aliphatic rings. The highest BCUT2D eigenvalue weighted by atomic mass is 16.5. The fraction of sp³-hybridized carbons (Fsp3) is 0.318. The number of benzene rings is 2. The third-order valence-corrected chi connectivity index (χ3v) is 5.32. The maximum atomic E-state index is 12.5. The summed E-state index contributed by atoms with van der Waals surface area (Å²) in [5, 5.41) is 4.38. The summed E-state index contributed by atoms with van der Waals surface area (Å²) < 4.78 is 12.9. The fourth-order valence-corrected chi connectivity index (χ4v) is 3.91. The van der Waals surface area contributed by atoms with Crippen LogP contribution in [0.25, 0.3) is 10.9 Å². The zero-order valence-electron chi connectivity index (χ0n) is 15.7. The first-order chi connectivity index (χ1) is 13.2. The summed E-state index contributed by atoms with van der Waals surface area (Å²) in [6, 6.07) is 14.4. The van der Waals surface area contributed by atoms with Gasteiger partial charge in [-0.15, -0.1) is 0 Å². The molecule has 1 aromatic heterocycles. The Labute approximate surface area is 158 Å². The van der Waals surface area contributed by atoms with E-state index in [9.17, 15) is 4.79 Å². The molecular formula is C22H24N2O3. The number of amides is 1. The van der Waals surface area contributed by atoms with Gasteiger partial charge in [-0.05, 0) is 53.6 Å². The van der Waals surface area contributed by atoms with Crippen LogP contribution in [0.1, 0.15) is 30.0 Å². The Morgan fingerprint density at radius 3 is 2.74 bits per heavy atom. The minimum atomic E-state index is 0.0358. The third-order valence-electron chi connectivity index (χ3n) is 5.32. The lowest BCUT2D eigenvalue weighted by Crippen LogP contribution is -2.27. The molecule has 0 fully saturated rings. The zero-order valence-corrected chi connectivity index (χ0v) is 15.7. The van der Waals surface area contributed by atoms with Gasteiger partial charge in [-0.25, -0.2) is 0 Å². The first-order valence-corrected chi connectivity index (χ1v) is 9.27.